The number of rotatable bonds is 6. The fourth-order valence-corrected chi connectivity index (χ4v) is 2.47. The Morgan fingerprint density at radius 2 is 1.60 bits per heavy atom. The third kappa shape index (κ3) is 3.92. The van der Waals surface area contributed by atoms with E-state index in [0.29, 0.717) is 34.6 Å². The van der Waals surface area contributed by atoms with Crippen molar-refractivity contribution >= 4 is 23.2 Å². The molecule has 0 spiro atoms. The van der Waals surface area contributed by atoms with Crippen molar-refractivity contribution in [3.63, 3.8) is 0 Å². The summed E-state index contributed by atoms with van der Waals surface area (Å²) in [5.74, 6) is 0.711. The van der Waals surface area contributed by atoms with Crippen molar-refractivity contribution in [2.24, 2.45) is 0 Å². The minimum atomic E-state index is 0.00490. The summed E-state index contributed by atoms with van der Waals surface area (Å²) in [5.41, 5.74) is 3.67. The van der Waals surface area contributed by atoms with E-state index in [1.54, 1.807) is 20.8 Å². The topological polar surface area (TPSA) is 34.1 Å². The Kier molecular flexibility index (Phi) is 6.41. The molecule has 0 radical (unpaired) electrons. The van der Waals surface area contributed by atoms with Crippen LogP contribution >= 0.6 is 11.6 Å². The lowest BCUT2D eigenvalue weighted by Crippen LogP contribution is -2.20. The molecule has 0 bridgehead atoms. The Hall–Kier alpha value is -1.15. The van der Waals surface area contributed by atoms with Crippen molar-refractivity contribution in [2.45, 2.75) is 53.4 Å². The predicted octanol–water partition coefficient (Wildman–Crippen LogP) is 4.54. The van der Waals surface area contributed by atoms with Crippen LogP contribution in [0.1, 0.15) is 53.4 Å². The van der Waals surface area contributed by atoms with Gasteiger partial charge in [0.25, 0.3) is 0 Å². The molecule has 110 valence electrons. The van der Waals surface area contributed by atoms with Gasteiger partial charge in [-0.05, 0) is 53.4 Å². The molecule has 20 heavy (non-hydrogen) atoms. The standard InChI is InChI=1S/C17H23ClO2/c1-11(7-5-6-10-18)8-9-15-14(4)16(19)12(2)13(3)17(15)20/h8H,5-7,9-10H2,1-4H3. The second kappa shape index (κ2) is 7.58. The summed E-state index contributed by atoms with van der Waals surface area (Å²) in [5, 5.41) is 0. The molecule has 0 amide bonds. The van der Waals surface area contributed by atoms with Crippen LogP contribution < -0.4 is 0 Å². The molecular formula is C17H23ClO2. The van der Waals surface area contributed by atoms with E-state index in [1.165, 1.54) is 5.57 Å². The second-order valence-electron chi connectivity index (χ2n) is 5.41. The van der Waals surface area contributed by atoms with Gasteiger partial charge >= 0.3 is 0 Å². The number of halogens is 1. The maximum Gasteiger partial charge on any atom is 0.185 e. The zero-order valence-electron chi connectivity index (χ0n) is 12.8. The van der Waals surface area contributed by atoms with Crippen LogP contribution in [-0.2, 0) is 9.59 Å². The fourth-order valence-electron chi connectivity index (χ4n) is 2.28. The predicted molar refractivity (Wildman–Crippen MR) is 84.0 cm³/mol. The van der Waals surface area contributed by atoms with Crippen molar-refractivity contribution in [3.05, 3.63) is 33.9 Å². The molecule has 1 aliphatic carbocycles. The Morgan fingerprint density at radius 3 is 2.20 bits per heavy atom. The van der Waals surface area contributed by atoms with E-state index in [1.807, 2.05) is 0 Å². The van der Waals surface area contributed by atoms with E-state index in [-0.39, 0.29) is 11.6 Å². The first-order valence-corrected chi connectivity index (χ1v) is 7.61. The second-order valence-corrected chi connectivity index (χ2v) is 5.79. The van der Waals surface area contributed by atoms with Crippen molar-refractivity contribution < 1.29 is 9.59 Å². The maximum atomic E-state index is 12.2. The van der Waals surface area contributed by atoms with Gasteiger partial charge in [-0.1, -0.05) is 11.6 Å². The lowest BCUT2D eigenvalue weighted by molar-refractivity contribution is -0.116. The number of ketones is 2. The molecular weight excluding hydrogens is 272 g/mol. The Morgan fingerprint density at radius 1 is 1.00 bits per heavy atom. The molecule has 0 saturated heterocycles. The van der Waals surface area contributed by atoms with Gasteiger partial charge in [0.15, 0.2) is 11.6 Å². The molecule has 1 rings (SSSR count). The molecule has 0 saturated carbocycles. The summed E-state index contributed by atoms with van der Waals surface area (Å²) >= 11 is 5.65. The molecule has 2 nitrogen and oxygen atoms in total. The van der Waals surface area contributed by atoms with Crippen LogP contribution in [0.25, 0.3) is 0 Å². The molecule has 1 aliphatic rings. The van der Waals surface area contributed by atoms with Gasteiger partial charge in [-0.3, -0.25) is 9.59 Å². The van der Waals surface area contributed by atoms with E-state index >= 15 is 0 Å². The summed E-state index contributed by atoms with van der Waals surface area (Å²) in [6.07, 6.45) is 5.68. The molecule has 0 atom stereocenters. The maximum absolute atomic E-state index is 12.2. The SMILES string of the molecule is CC(=CCC1=C(C)C(=O)C(C)=C(C)C1=O)CCCCCl. The van der Waals surface area contributed by atoms with Crippen LogP contribution in [-0.4, -0.2) is 17.4 Å². The largest absolute Gasteiger partial charge is 0.289 e. The first-order valence-electron chi connectivity index (χ1n) is 7.08. The van der Waals surface area contributed by atoms with Crippen molar-refractivity contribution in [3.8, 4) is 0 Å². The van der Waals surface area contributed by atoms with E-state index in [0.717, 1.165) is 19.3 Å². The quantitative estimate of drug-likeness (QED) is 0.312. The molecule has 0 aromatic rings. The average molecular weight is 295 g/mol. The number of hydrogen-bond donors (Lipinski definition) is 0. The molecule has 3 heteroatoms. The third-order valence-corrected chi connectivity index (χ3v) is 4.19. The zero-order chi connectivity index (χ0) is 15.3. The normalized spacial score (nSPS) is 17.4. The van der Waals surface area contributed by atoms with Crippen LogP contribution in [0.2, 0.25) is 0 Å². The molecule has 0 heterocycles. The van der Waals surface area contributed by atoms with Gasteiger partial charge in [-0.25, -0.2) is 0 Å². The first-order chi connectivity index (χ1) is 9.40. The highest BCUT2D eigenvalue weighted by Gasteiger charge is 2.26. The molecule has 0 aromatic carbocycles. The van der Waals surface area contributed by atoms with E-state index in [4.69, 9.17) is 11.6 Å². The lowest BCUT2D eigenvalue weighted by atomic mass is 9.84. The number of carbonyl (C=O) groups is 2. The number of alkyl halides is 1. The minimum absolute atomic E-state index is 0.00490. The van der Waals surface area contributed by atoms with Crippen LogP contribution in [0, 0.1) is 0 Å². The van der Waals surface area contributed by atoms with Gasteiger partial charge in [0, 0.05) is 28.2 Å². The van der Waals surface area contributed by atoms with Crippen LogP contribution in [0.3, 0.4) is 0 Å². The number of carbonyl (C=O) groups excluding carboxylic acids is 2. The summed E-state index contributed by atoms with van der Waals surface area (Å²) < 4.78 is 0. The van der Waals surface area contributed by atoms with Crippen molar-refractivity contribution in [1.29, 1.82) is 0 Å². The average Bonchev–Trinajstić information content (AvgIpc) is 2.43. The Balaban J connectivity index is 2.79. The van der Waals surface area contributed by atoms with E-state index < -0.39 is 0 Å². The highest BCUT2D eigenvalue weighted by Crippen LogP contribution is 2.27. The molecule has 0 fully saturated rings. The molecule has 0 unspecified atom stereocenters. The van der Waals surface area contributed by atoms with Crippen LogP contribution in [0.4, 0.5) is 0 Å². The van der Waals surface area contributed by atoms with Gasteiger partial charge in [-0.2, -0.15) is 0 Å². The summed E-state index contributed by atoms with van der Waals surface area (Å²) in [6.45, 7) is 7.28. The van der Waals surface area contributed by atoms with Crippen molar-refractivity contribution in [1.82, 2.24) is 0 Å². The third-order valence-electron chi connectivity index (χ3n) is 3.92. The summed E-state index contributed by atoms with van der Waals surface area (Å²) in [4.78, 5) is 24.3. The van der Waals surface area contributed by atoms with Gasteiger partial charge < -0.3 is 0 Å². The molecule has 0 N–H and O–H groups in total. The monoisotopic (exact) mass is 294 g/mol. The number of allylic oxidation sites excluding steroid dienone is 6. The lowest BCUT2D eigenvalue weighted by Gasteiger charge is -2.17. The molecule has 0 aliphatic heterocycles. The number of Topliss-reactive ketones (excluding diaryl/α,β-unsaturated/α-hetero) is 2. The number of unbranched alkanes of at least 4 members (excludes halogenated alkanes) is 1. The highest BCUT2D eigenvalue weighted by molar-refractivity contribution is 6.24. The van der Waals surface area contributed by atoms with Crippen LogP contribution in [0.5, 0.6) is 0 Å². The number of hydrogen-bond acceptors (Lipinski definition) is 2. The smallest absolute Gasteiger partial charge is 0.185 e. The van der Waals surface area contributed by atoms with Gasteiger partial charge in [0.05, 0.1) is 0 Å². The summed E-state index contributed by atoms with van der Waals surface area (Å²) in [7, 11) is 0. The Bertz CT molecular complexity index is 507. The van der Waals surface area contributed by atoms with E-state index in [9.17, 15) is 9.59 Å². The van der Waals surface area contributed by atoms with Gasteiger partial charge in [-0.15, -0.1) is 11.6 Å². The minimum Gasteiger partial charge on any atom is -0.289 e. The zero-order valence-corrected chi connectivity index (χ0v) is 13.6. The Labute approximate surface area is 126 Å². The molecule has 0 aromatic heterocycles. The van der Waals surface area contributed by atoms with Crippen molar-refractivity contribution in [2.75, 3.05) is 5.88 Å². The van der Waals surface area contributed by atoms with Gasteiger partial charge in [0.1, 0.15) is 0 Å². The fraction of sp³-hybridized carbons (Fsp3) is 0.529. The summed E-state index contributed by atoms with van der Waals surface area (Å²) in [6, 6.07) is 0. The first kappa shape index (κ1) is 16.9. The van der Waals surface area contributed by atoms with E-state index in [2.05, 4.69) is 13.0 Å². The van der Waals surface area contributed by atoms with Gasteiger partial charge in [0.2, 0.25) is 0 Å². The van der Waals surface area contributed by atoms with Crippen LogP contribution in [0.15, 0.2) is 33.9 Å². The highest BCUT2D eigenvalue weighted by atomic mass is 35.5.